The van der Waals surface area contributed by atoms with Crippen molar-refractivity contribution in [2.45, 2.75) is 4.64 Å². The second-order valence-electron chi connectivity index (χ2n) is 3.50. The highest BCUT2D eigenvalue weighted by Gasteiger charge is 2.23. The lowest BCUT2D eigenvalue weighted by Gasteiger charge is -2.27. The molecule has 6 heteroatoms. The topological polar surface area (TPSA) is 0 Å². The van der Waals surface area contributed by atoms with Crippen LogP contribution in [-0.4, -0.2) is 4.64 Å². The molecule has 2 radical (unpaired) electrons. The van der Waals surface area contributed by atoms with Gasteiger partial charge in [-0.2, -0.15) is 0 Å². The van der Waals surface area contributed by atoms with Crippen molar-refractivity contribution in [3.63, 3.8) is 0 Å². The molecule has 0 aliphatic heterocycles. The van der Waals surface area contributed by atoms with Gasteiger partial charge in [-0.1, -0.05) is 14.2 Å². The maximum atomic E-state index is 6.53. The highest BCUT2D eigenvalue weighted by atomic mass is 32.4. The number of hydrogen-bond acceptors (Lipinski definition) is 0. The predicted molar refractivity (Wildman–Crippen MR) is 126 cm³/mol. The Hall–Kier alpha value is -1.20. The fourth-order valence-corrected chi connectivity index (χ4v) is 7.90. The van der Waals surface area contributed by atoms with Crippen molar-refractivity contribution in [2.75, 3.05) is 0 Å². The molecule has 0 fully saturated rings. The van der Waals surface area contributed by atoms with Crippen molar-refractivity contribution in [3.05, 3.63) is 18.6 Å². The van der Waals surface area contributed by atoms with Gasteiger partial charge >= 0.3 is 0 Å². The van der Waals surface area contributed by atoms with Gasteiger partial charge in [-0.3, -0.25) is 0 Å². The third-order valence-corrected chi connectivity index (χ3v) is 15.0. The van der Waals surface area contributed by atoms with Gasteiger partial charge in [0.15, 0.2) is 0 Å². The summed E-state index contributed by atoms with van der Waals surface area (Å²) < 4.78 is -0.0661. The molecule has 0 N–H and O–H groups in total. The molecule has 0 aliphatic rings. The fourth-order valence-electron chi connectivity index (χ4n) is 0.784. The first kappa shape index (κ1) is 23.8. The molecular weight excluding hydrogens is 414 g/mol. The minimum Gasteiger partial charge on any atom is -0.116 e. The molecule has 25 heavy (non-hydrogen) atoms. The number of hydrogen-bond donors (Lipinski definition) is 0. The van der Waals surface area contributed by atoms with E-state index in [2.05, 4.69) is 125 Å². The summed E-state index contributed by atoms with van der Waals surface area (Å²) in [6.45, 7) is 0. The van der Waals surface area contributed by atoms with Gasteiger partial charge in [0.1, 0.15) is 0 Å². The van der Waals surface area contributed by atoms with Gasteiger partial charge in [-0.05, 0) is 66.8 Å². The molecule has 0 spiro atoms. The van der Waals surface area contributed by atoms with Crippen LogP contribution in [0.4, 0.5) is 0 Å². The van der Waals surface area contributed by atoms with E-state index in [1.165, 1.54) is 0 Å². The lowest BCUT2D eigenvalue weighted by Crippen LogP contribution is -1.99. The van der Waals surface area contributed by atoms with Gasteiger partial charge in [0, 0.05) is 41.9 Å². The second kappa shape index (κ2) is 16.3. The Balaban J connectivity index is 4.54. The molecule has 116 valence electrons. The van der Waals surface area contributed by atoms with Crippen LogP contribution in [0, 0.1) is 101 Å². The van der Waals surface area contributed by atoms with Crippen LogP contribution in [0.2, 0.25) is 0 Å². The Morgan fingerprint density at radius 2 is 1.16 bits per heavy atom. The van der Waals surface area contributed by atoms with Crippen LogP contribution >= 0.6 is 51.6 Å². The summed E-state index contributed by atoms with van der Waals surface area (Å²) >= 11 is 0. The fraction of sp³-hybridized carbons (Fsp3) is 0.0526. The second-order valence-corrected chi connectivity index (χ2v) is 14.4. The zero-order valence-electron chi connectivity index (χ0n) is 12.8. The summed E-state index contributed by atoms with van der Waals surface area (Å²) in [5.74, 6) is 37.1. The molecule has 6 unspecified atom stereocenters. The van der Waals surface area contributed by atoms with Crippen molar-refractivity contribution in [1.82, 2.24) is 0 Å². The lowest BCUT2D eigenvalue weighted by molar-refractivity contribution is 1.47. The SMILES string of the molecule is [C]#CC#CC#CC#CC#CC#CC#CC#CC=[C]C(P)(PP)P(P)P. The summed E-state index contributed by atoms with van der Waals surface area (Å²) in [6.07, 6.45) is 11.5. The van der Waals surface area contributed by atoms with E-state index in [1.807, 2.05) is 5.92 Å². The molecule has 0 saturated carbocycles. The molecule has 0 aromatic rings. The highest BCUT2D eigenvalue weighted by Crippen LogP contribution is 2.74. The van der Waals surface area contributed by atoms with Crippen molar-refractivity contribution in [2.24, 2.45) is 0 Å². The molecular formula is C19H10P6. The van der Waals surface area contributed by atoms with E-state index in [0.29, 0.717) is 8.27 Å². The van der Waals surface area contributed by atoms with Crippen LogP contribution in [0.15, 0.2) is 6.08 Å². The first-order chi connectivity index (χ1) is 12.1. The van der Waals surface area contributed by atoms with E-state index in [0.717, 1.165) is 0 Å². The number of rotatable bonds is 3. The first-order valence-electron chi connectivity index (χ1n) is 6.14. The first-order valence-corrected chi connectivity index (χ1v) is 14.1. The summed E-state index contributed by atoms with van der Waals surface area (Å²) in [4.78, 5) is 0. The molecule has 0 aliphatic carbocycles. The molecule has 0 aromatic heterocycles. The Morgan fingerprint density at radius 1 is 0.760 bits per heavy atom. The summed E-state index contributed by atoms with van der Waals surface area (Å²) in [5, 5.41) is 0. The van der Waals surface area contributed by atoms with Crippen LogP contribution in [-0.2, 0) is 0 Å². The van der Waals surface area contributed by atoms with Crippen molar-refractivity contribution in [1.29, 1.82) is 0 Å². The molecule has 0 bridgehead atoms. The molecule has 0 saturated heterocycles. The standard InChI is InChI=1S/C19H10P6/c1-2-3-4-5-6-7-8-9-10-11-12-13-14-15-16-17-18-19(20,24-21)25(22)23/h17,24H,20-23H2. The Bertz CT molecular complexity index is 978. The maximum Gasteiger partial charge on any atom is 0.0572 e. The third kappa shape index (κ3) is 13.7. The maximum absolute atomic E-state index is 6.53. The zero-order chi connectivity index (χ0) is 18.8. The van der Waals surface area contributed by atoms with E-state index in [9.17, 15) is 0 Å². The molecule has 0 amide bonds. The average Bonchev–Trinajstić information content (AvgIpc) is 2.61. The van der Waals surface area contributed by atoms with Crippen molar-refractivity contribution >= 4 is 51.6 Å². The summed E-state index contributed by atoms with van der Waals surface area (Å²) in [6, 6.07) is 0. The third-order valence-electron chi connectivity index (χ3n) is 1.88. The van der Waals surface area contributed by atoms with Gasteiger partial charge in [0.25, 0.3) is 0 Å². The van der Waals surface area contributed by atoms with E-state index in [1.54, 1.807) is 6.08 Å². The molecule has 0 nitrogen and oxygen atoms in total. The van der Waals surface area contributed by atoms with Gasteiger partial charge in [0.2, 0.25) is 0 Å². The van der Waals surface area contributed by atoms with Crippen LogP contribution in [0.25, 0.3) is 0 Å². The smallest absolute Gasteiger partial charge is 0.0572 e. The van der Waals surface area contributed by atoms with E-state index >= 15 is 0 Å². The van der Waals surface area contributed by atoms with Crippen LogP contribution < -0.4 is 0 Å². The Morgan fingerprint density at radius 3 is 1.52 bits per heavy atom. The normalized spacial score (nSPS) is 10.1. The van der Waals surface area contributed by atoms with Gasteiger partial charge in [-0.15, -0.1) is 36.0 Å². The minimum atomic E-state index is -0.322. The Labute approximate surface area is 163 Å². The number of allylic oxidation sites excluding steroid dienone is 2. The molecule has 0 heterocycles. The average molecular weight is 424 g/mol. The van der Waals surface area contributed by atoms with Crippen LogP contribution in [0.5, 0.6) is 0 Å². The summed E-state index contributed by atoms with van der Waals surface area (Å²) in [5.41, 5.74) is 0. The van der Waals surface area contributed by atoms with Gasteiger partial charge in [0.05, 0.1) is 4.64 Å². The largest absolute Gasteiger partial charge is 0.116 e. The van der Waals surface area contributed by atoms with Gasteiger partial charge in [-0.25, -0.2) is 0 Å². The van der Waals surface area contributed by atoms with E-state index in [4.69, 9.17) is 6.42 Å². The van der Waals surface area contributed by atoms with E-state index < -0.39 is 0 Å². The molecule has 0 rings (SSSR count). The van der Waals surface area contributed by atoms with Crippen molar-refractivity contribution in [3.8, 4) is 88.8 Å². The monoisotopic (exact) mass is 424 g/mol. The quantitative estimate of drug-likeness (QED) is 0.483. The highest BCUT2D eigenvalue weighted by molar-refractivity contribution is 8.47. The predicted octanol–water partition coefficient (Wildman–Crippen LogP) is 3.02. The minimum absolute atomic E-state index is 0.0661. The van der Waals surface area contributed by atoms with Crippen LogP contribution in [0.3, 0.4) is 0 Å². The molecule has 0 aromatic carbocycles. The van der Waals surface area contributed by atoms with Gasteiger partial charge < -0.3 is 0 Å². The lowest BCUT2D eigenvalue weighted by atomic mass is 10.4. The van der Waals surface area contributed by atoms with Crippen LogP contribution in [0.1, 0.15) is 0 Å². The zero-order valence-corrected chi connectivity index (χ0v) is 19.3. The summed E-state index contributed by atoms with van der Waals surface area (Å²) in [7, 11) is 11.5. The Kier molecular flexibility index (Phi) is 15.5. The van der Waals surface area contributed by atoms with E-state index in [-0.39, 0.29) is 11.9 Å². The van der Waals surface area contributed by atoms with Crippen molar-refractivity contribution < 1.29 is 0 Å². The molecule has 6 atom stereocenters.